The Hall–Kier alpha value is -1.65. The van der Waals surface area contributed by atoms with E-state index < -0.39 is 5.97 Å². The van der Waals surface area contributed by atoms with E-state index in [2.05, 4.69) is 15.3 Å². The number of anilines is 1. The van der Waals surface area contributed by atoms with Crippen molar-refractivity contribution in [1.29, 1.82) is 0 Å². The van der Waals surface area contributed by atoms with Gasteiger partial charge >= 0.3 is 5.97 Å². The largest absolute Gasteiger partial charge is 0.477 e. The molecule has 0 bridgehead atoms. The molecule has 1 unspecified atom stereocenters. The van der Waals surface area contributed by atoms with Crippen molar-refractivity contribution >= 4 is 11.9 Å². The van der Waals surface area contributed by atoms with Gasteiger partial charge < -0.3 is 10.4 Å². The molecule has 1 rings (SSSR count). The maximum absolute atomic E-state index is 10.6. The van der Waals surface area contributed by atoms with Crippen molar-refractivity contribution in [3.05, 3.63) is 18.0 Å². The molecule has 0 amide bonds. The molecule has 1 atom stereocenters. The predicted molar refractivity (Wildman–Crippen MR) is 52.4 cm³/mol. The number of nitrogens with one attached hydrogen (secondary N) is 1. The number of carboxylic acid groups (broad SMARTS) is 1. The van der Waals surface area contributed by atoms with Crippen LogP contribution < -0.4 is 5.32 Å². The maximum atomic E-state index is 10.6. The van der Waals surface area contributed by atoms with Crippen LogP contribution in [0.25, 0.3) is 0 Å². The average molecular weight is 195 g/mol. The third-order valence-electron chi connectivity index (χ3n) is 1.86. The van der Waals surface area contributed by atoms with Crippen LogP contribution in [0.2, 0.25) is 0 Å². The first kappa shape index (κ1) is 10.4. The van der Waals surface area contributed by atoms with E-state index in [1.54, 1.807) is 0 Å². The van der Waals surface area contributed by atoms with Gasteiger partial charge in [-0.25, -0.2) is 14.8 Å². The average Bonchev–Trinajstić information content (AvgIpc) is 2.18. The number of carbonyl (C=O) groups is 1. The van der Waals surface area contributed by atoms with E-state index in [9.17, 15) is 4.79 Å². The number of hydrogen-bond acceptors (Lipinski definition) is 4. The van der Waals surface area contributed by atoms with Crippen molar-refractivity contribution in [2.75, 3.05) is 5.32 Å². The summed E-state index contributed by atoms with van der Waals surface area (Å²) >= 11 is 0. The first-order valence-electron chi connectivity index (χ1n) is 4.46. The fourth-order valence-electron chi connectivity index (χ4n) is 0.870. The van der Waals surface area contributed by atoms with Crippen LogP contribution in [0.5, 0.6) is 0 Å². The summed E-state index contributed by atoms with van der Waals surface area (Å²) < 4.78 is 0. The summed E-state index contributed by atoms with van der Waals surface area (Å²) in [5.74, 6) is -0.682. The van der Waals surface area contributed by atoms with Gasteiger partial charge in [-0.15, -0.1) is 0 Å². The highest BCUT2D eigenvalue weighted by Crippen LogP contribution is 2.03. The van der Waals surface area contributed by atoms with E-state index in [0.717, 1.165) is 6.42 Å². The summed E-state index contributed by atoms with van der Waals surface area (Å²) in [5, 5.41) is 11.7. The molecule has 5 heteroatoms. The molecule has 0 saturated carbocycles. The predicted octanol–water partition coefficient (Wildman–Crippen LogP) is 1.39. The zero-order chi connectivity index (χ0) is 10.6. The van der Waals surface area contributed by atoms with Crippen LogP contribution in [0.4, 0.5) is 5.95 Å². The minimum Gasteiger partial charge on any atom is -0.477 e. The third kappa shape index (κ3) is 2.69. The van der Waals surface area contributed by atoms with E-state index >= 15 is 0 Å². The number of aromatic carboxylic acids is 1. The summed E-state index contributed by atoms with van der Waals surface area (Å²) in [5.41, 5.74) is 0.00537. The lowest BCUT2D eigenvalue weighted by Gasteiger charge is -2.10. The van der Waals surface area contributed by atoms with E-state index in [0.29, 0.717) is 5.95 Å². The quantitative estimate of drug-likeness (QED) is 0.759. The van der Waals surface area contributed by atoms with Gasteiger partial charge in [-0.1, -0.05) is 6.92 Å². The van der Waals surface area contributed by atoms with Crippen LogP contribution in [0.1, 0.15) is 30.8 Å². The second-order valence-electron chi connectivity index (χ2n) is 3.02. The van der Waals surface area contributed by atoms with Crippen LogP contribution >= 0.6 is 0 Å². The summed E-state index contributed by atoms with van der Waals surface area (Å²) in [6.45, 7) is 4.01. The summed E-state index contributed by atoms with van der Waals surface area (Å²) in [6.07, 6.45) is 2.36. The van der Waals surface area contributed by atoms with Crippen LogP contribution in [0, 0.1) is 0 Å². The van der Waals surface area contributed by atoms with Gasteiger partial charge in [-0.05, 0) is 19.4 Å². The zero-order valence-electron chi connectivity index (χ0n) is 8.19. The molecule has 0 aliphatic carbocycles. The lowest BCUT2D eigenvalue weighted by atomic mass is 10.3. The van der Waals surface area contributed by atoms with Crippen LogP contribution in [0.3, 0.4) is 0 Å². The maximum Gasteiger partial charge on any atom is 0.354 e. The Kier molecular flexibility index (Phi) is 3.39. The first-order chi connectivity index (χ1) is 6.63. The van der Waals surface area contributed by atoms with E-state index in [1.165, 1.54) is 12.3 Å². The van der Waals surface area contributed by atoms with Crippen LogP contribution in [0.15, 0.2) is 12.3 Å². The summed E-state index contributed by atoms with van der Waals surface area (Å²) in [7, 11) is 0. The number of carboxylic acids is 1. The lowest BCUT2D eigenvalue weighted by molar-refractivity contribution is 0.0690. The van der Waals surface area contributed by atoms with Gasteiger partial charge in [0.25, 0.3) is 0 Å². The molecule has 5 nitrogen and oxygen atoms in total. The number of hydrogen-bond donors (Lipinski definition) is 2. The molecule has 14 heavy (non-hydrogen) atoms. The highest BCUT2D eigenvalue weighted by atomic mass is 16.4. The fourth-order valence-corrected chi connectivity index (χ4v) is 0.870. The van der Waals surface area contributed by atoms with Crippen molar-refractivity contribution in [2.24, 2.45) is 0 Å². The first-order valence-corrected chi connectivity index (χ1v) is 4.46. The molecule has 1 heterocycles. The molecular formula is C9H13N3O2. The third-order valence-corrected chi connectivity index (χ3v) is 1.86. The molecule has 0 fully saturated rings. The fraction of sp³-hybridized carbons (Fsp3) is 0.444. The van der Waals surface area contributed by atoms with E-state index in [1.807, 2.05) is 13.8 Å². The highest BCUT2D eigenvalue weighted by Gasteiger charge is 2.07. The molecule has 0 saturated heterocycles. The molecule has 0 aliphatic heterocycles. The van der Waals surface area contributed by atoms with Crippen molar-refractivity contribution < 1.29 is 9.90 Å². The second kappa shape index (κ2) is 4.55. The zero-order valence-corrected chi connectivity index (χ0v) is 8.19. The van der Waals surface area contributed by atoms with Gasteiger partial charge in [-0.3, -0.25) is 0 Å². The van der Waals surface area contributed by atoms with Gasteiger partial charge in [0, 0.05) is 12.2 Å². The highest BCUT2D eigenvalue weighted by molar-refractivity contribution is 5.85. The Labute approximate surface area is 82.2 Å². The molecule has 2 N–H and O–H groups in total. The van der Waals surface area contributed by atoms with Gasteiger partial charge in [0.2, 0.25) is 5.95 Å². The Morgan fingerprint density at radius 2 is 2.43 bits per heavy atom. The van der Waals surface area contributed by atoms with Crippen LogP contribution in [-0.2, 0) is 0 Å². The Morgan fingerprint density at radius 1 is 1.71 bits per heavy atom. The minimum absolute atomic E-state index is 0.00537. The van der Waals surface area contributed by atoms with E-state index in [-0.39, 0.29) is 11.7 Å². The van der Waals surface area contributed by atoms with Gasteiger partial charge in [-0.2, -0.15) is 0 Å². The topological polar surface area (TPSA) is 75.1 Å². The Morgan fingerprint density at radius 3 is 3.00 bits per heavy atom. The van der Waals surface area contributed by atoms with Crippen molar-refractivity contribution in [3.8, 4) is 0 Å². The molecular weight excluding hydrogens is 182 g/mol. The van der Waals surface area contributed by atoms with Crippen LogP contribution in [-0.4, -0.2) is 27.1 Å². The van der Waals surface area contributed by atoms with Crippen molar-refractivity contribution in [1.82, 2.24) is 9.97 Å². The molecule has 0 aliphatic rings. The summed E-state index contributed by atoms with van der Waals surface area (Å²) in [6, 6.07) is 1.60. The van der Waals surface area contributed by atoms with E-state index in [4.69, 9.17) is 5.11 Å². The lowest BCUT2D eigenvalue weighted by Crippen LogP contribution is -2.16. The molecule has 1 aromatic rings. The standard InChI is InChI=1S/C9H13N3O2/c1-3-6(2)11-9-10-5-4-7(12-9)8(13)14/h4-6H,3H2,1-2H3,(H,13,14)(H,10,11,12). The van der Waals surface area contributed by atoms with Crippen molar-refractivity contribution in [3.63, 3.8) is 0 Å². The normalized spacial score (nSPS) is 12.1. The van der Waals surface area contributed by atoms with Gasteiger partial charge in [0.1, 0.15) is 0 Å². The molecule has 0 aromatic carbocycles. The molecule has 76 valence electrons. The monoisotopic (exact) mass is 195 g/mol. The minimum atomic E-state index is -1.04. The molecule has 0 radical (unpaired) electrons. The molecule has 1 aromatic heterocycles. The SMILES string of the molecule is CCC(C)Nc1nccc(C(=O)O)n1. The van der Waals surface area contributed by atoms with Gasteiger partial charge in [0.15, 0.2) is 5.69 Å². The Balaban J connectivity index is 2.78. The number of rotatable bonds is 4. The van der Waals surface area contributed by atoms with Crippen molar-refractivity contribution in [2.45, 2.75) is 26.3 Å². The summed E-state index contributed by atoms with van der Waals surface area (Å²) in [4.78, 5) is 18.4. The number of aromatic nitrogens is 2. The Bertz CT molecular complexity index is 328. The smallest absolute Gasteiger partial charge is 0.354 e. The van der Waals surface area contributed by atoms with Gasteiger partial charge in [0.05, 0.1) is 0 Å². The molecule has 0 spiro atoms. The number of nitrogens with zero attached hydrogens (tertiary/aromatic N) is 2. The second-order valence-corrected chi connectivity index (χ2v) is 3.02.